The van der Waals surface area contributed by atoms with Gasteiger partial charge < -0.3 is 20.1 Å². The molecular formula is C13H23NO5. The van der Waals surface area contributed by atoms with E-state index in [0.717, 1.165) is 0 Å². The Hall–Kier alpha value is -0.690. The summed E-state index contributed by atoms with van der Waals surface area (Å²) < 4.78 is 5.47. The quantitative estimate of drug-likeness (QED) is 0.537. The number of ether oxygens (including phenoxy) is 1. The van der Waals surface area contributed by atoms with Gasteiger partial charge in [-0.15, -0.1) is 0 Å². The van der Waals surface area contributed by atoms with Crippen molar-refractivity contribution in [1.82, 2.24) is 4.90 Å². The average Bonchev–Trinajstić information content (AvgIpc) is 2.68. The first kappa shape index (κ1) is 14.7. The van der Waals surface area contributed by atoms with Gasteiger partial charge in [0.15, 0.2) is 0 Å². The monoisotopic (exact) mass is 273 g/mol. The van der Waals surface area contributed by atoms with Gasteiger partial charge in [-0.05, 0) is 27.2 Å². The number of hydrogen-bond donors (Lipinski definition) is 3. The SMILES string of the molecule is CC(C)(C)C(=O)O[C@H]1CCN2C[C@H](O)[C@@H](O)[C@H](O)[C@@H]12. The summed E-state index contributed by atoms with van der Waals surface area (Å²) in [5.41, 5.74) is -0.592. The van der Waals surface area contributed by atoms with Crippen LogP contribution in [0.1, 0.15) is 27.2 Å². The topological polar surface area (TPSA) is 90.2 Å². The molecule has 2 rings (SSSR count). The third kappa shape index (κ3) is 2.76. The van der Waals surface area contributed by atoms with Crippen molar-refractivity contribution in [2.24, 2.45) is 5.41 Å². The second-order valence-corrected chi connectivity index (χ2v) is 6.52. The number of piperidine rings is 1. The zero-order valence-electron chi connectivity index (χ0n) is 11.6. The van der Waals surface area contributed by atoms with Crippen LogP contribution >= 0.6 is 0 Å². The Balaban J connectivity index is 2.07. The van der Waals surface area contributed by atoms with E-state index in [-0.39, 0.29) is 5.97 Å². The zero-order valence-corrected chi connectivity index (χ0v) is 11.6. The molecule has 19 heavy (non-hydrogen) atoms. The molecule has 0 aromatic carbocycles. The molecule has 0 saturated carbocycles. The number of esters is 1. The molecule has 3 N–H and O–H groups in total. The summed E-state index contributed by atoms with van der Waals surface area (Å²) in [5, 5.41) is 29.4. The highest BCUT2D eigenvalue weighted by Crippen LogP contribution is 2.31. The maximum absolute atomic E-state index is 11.9. The van der Waals surface area contributed by atoms with E-state index in [9.17, 15) is 20.1 Å². The largest absolute Gasteiger partial charge is 0.460 e. The van der Waals surface area contributed by atoms with Gasteiger partial charge in [0.1, 0.15) is 18.3 Å². The Morgan fingerprint density at radius 2 is 1.84 bits per heavy atom. The summed E-state index contributed by atoms with van der Waals surface area (Å²) in [4.78, 5) is 13.8. The number of nitrogens with zero attached hydrogens (tertiary/aromatic N) is 1. The zero-order chi connectivity index (χ0) is 14.4. The van der Waals surface area contributed by atoms with Crippen molar-refractivity contribution in [1.29, 1.82) is 0 Å². The smallest absolute Gasteiger partial charge is 0.311 e. The average molecular weight is 273 g/mol. The highest BCUT2D eigenvalue weighted by Gasteiger charge is 2.50. The van der Waals surface area contributed by atoms with Crippen LogP contribution in [0, 0.1) is 5.41 Å². The van der Waals surface area contributed by atoms with E-state index in [2.05, 4.69) is 0 Å². The molecule has 0 aliphatic carbocycles. The number of rotatable bonds is 1. The predicted octanol–water partition coefficient (Wildman–Crippen LogP) is -0.885. The van der Waals surface area contributed by atoms with Crippen molar-refractivity contribution < 1.29 is 24.9 Å². The molecule has 6 heteroatoms. The second-order valence-electron chi connectivity index (χ2n) is 6.52. The summed E-state index contributed by atoms with van der Waals surface area (Å²) in [6, 6.07) is -0.426. The van der Waals surface area contributed by atoms with E-state index in [1.54, 1.807) is 20.8 Å². The molecule has 0 unspecified atom stereocenters. The van der Waals surface area contributed by atoms with Gasteiger partial charge in [-0.1, -0.05) is 0 Å². The van der Waals surface area contributed by atoms with Gasteiger partial charge in [-0.25, -0.2) is 0 Å². The Morgan fingerprint density at radius 3 is 2.42 bits per heavy atom. The van der Waals surface area contributed by atoms with E-state index in [0.29, 0.717) is 19.5 Å². The van der Waals surface area contributed by atoms with Crippen LogP contribution in [0.2, 0.25) is 0 Å². The van der Waals surface area contributed by atoms with Gasteiger partial charge in [0.2, 0.25) is 0 Å². The molecule has 2 aliphatic heterocycles. The molecule has 2 heterocycles. The molecule has 2 saturated heterocycles. The van der Waals surface area contributed by atoms with Gasteiger partial charge >= 0.3 is 5.97 Å². The van der Waals surface area contributed by atoms with Crippen LogP contribution in [0.15, 0.2) is 0 Å². The Bertz CT molecular complexity index is 353. The van der Waals surface area contributed by atoms with Gasteiger partial charge in [-0.3, -0.25) is 9.69 Å². The standard InChI is InChI=1S/C13H23NO5/c1-13(2,3)12(18)19-8-4-5-14-6-7(15)10(16)11(17)9(8)14/h7-11,15-17H,4-6H2,1-3H3/t7-,8-,9+,10+,11+/m0/s1. The van der Waals surface area contributed by atoms with Crippen LogP contribution in [0.3, 0.4) is 0 Å². The van der Waals surface area contributed by atoms with Gasteiger partial charge in [0.05, 0.1) is 17.6 Å². The van der Waals surface area contributed by atoms with E-state index >= 15 is 0 Å². The first-order valence-corrected chi connectivity index (χ1v) is 6.71. The molecule has 110 valence electrons. The van der Waals surface area contributed by atoms with Crippen LogP contribution in [-0.2, 0) is 9.53 Å². The van der Waals surface area contributed by atoms with Crippen LogP contribution in [0.25, 0.3) is 0 Å². The van der Waals surface area contributed by atoms with Gasteiger partial charge in [-0.2, -0.15) is 0 Å². The normalized spacial score (nSPS) is 40.0. The lowest BCUT2D eigenvalue weighted by atomic mass is 9.92. The third-order valence-electron chi connectivity index (χ3n) is 3.89. The molecule has 5 atom stereocenters. The minimum absolute atomic E-state index is 0.298. The van der Waals surface area contributed by atoms with E-state index in [1.165, 1.54) is 0 Å². The highest BCUT2D eigenvalue weighted by molar-refractivity contribution is 5.75. The molecule has 0 aromatic heterocycles. The fraction of sp³-hybridized carbons (Fsp3) is 0.923. The molecule has 0 bridgehead atoms. The van der Waals surface area contributed by atoms with Crippen LogP contribution in [-0.4, -0.2) is 69.7 Å². The van der Waals surface area contributed by atoms with Crippen molar-refractivity contribution in [3.05, 3.63) is 0 Å². The number of aliphatic hydroxyl groups is 3. The summed E-state index contributed by atoms with van der Waals surface area (Å²) >= 11 is 0. The first-order chi connectivity index (χ1) is 8.71. The lowest BCUT2D eigenvalue weighted by Gasteiger charge is -2.41. The van der Waals surface area contributed by atoms with Crippen molar-refractivity contribution in [2.45, 2.75) is 57.6 Å². The predicted molar refractivity (Wildman–Crippen MR) is 67.3 cm³/mol. The Morgan fingerprint density at radius 1 is 1.21 bits per heavy atom. The van der Waals surface area contributed by atoms with E-state index in [4.69, 9.17) is 4.74 Å². The first-order valence-electron chi connectivity index (χ1n) is 6.71. The third-order valence-corrected chi connectivity index (χ3v) is 3.89. The van der Waals surface area contributed by atoms with Gasteiger partial charge in [0, 0.05) is 13.1 Å². The molecule has 6 nitrogen and oxygen atoms in total. The minimum Gasteiger partial charge on any atom is -0.460 e. The second kappa shape index (κ2) is 5.01. The molecular weight excluding hydrogens is 250 g/mol. The number of hydrogen-bond acceptors (Lipinski definition) is 6. The van der Waals surface area contributed by atoms with Crippen molar-refractivity contribution in [3.63, 3.8) is 0 Å². The van der Waals surface area contributed by atoms with Crippen molar-refractivity contribution in [3.8, 4) is 0 Å². The number of carbonyl (C=O) groups is 1. The fourth-order valence-corrected chi connectivity index (χ4v) is 2.72. The Labute approximate surface area is 113 Å². The lowest BCUT2D eigenvalue weighted by Crippen LogP contribution is -2.61. The molecule has 2 fully saturated rings. The maximum atomic E-state index is 11.9. The minimum atomic E-state index is -1.19. The van der Waals surface area contributed by atoms with Crippen LogP contribution in [0.5, 0.6) is 0 Å². The number of carbonyl (C=O) groups excluding carboxylic acids is 1. The Kier molecular flexibility index (Phi) is 3.88. The summed E-state index contributed by atoms with van der Waals surface area (Å²) in [6.45, 7) is 6.27. The molecule has 2 aliphatic rings. The number of fused-ring (bicyclic) bond motifs is 1. The maximum Gasteiger partial charge on any atom is 0.311 e. The van der Waals surface area contributed by atoms with Gasteiger partial charge in [0.25, 0.3) is 0 Å². The highest BCUT2D eigenvalue weighted by atomic mass is 16.5. The molecule has 0 aromatic rings. The molecule has 0 radical (unpaired) electrons. The summed E-state index contributed by atoms with van der Waals surface area (Å²) in [6.07, 6.45) is -3.05. The van der Waals surface area contributed by atoms with Crippen LogP contribution in [0.4, 0.5) is 0 Å². The van der Waals surface area contributed by atoms with Crippen molar-refractivity contribution in [2.75, 3.05) is 13.1 Å². The van der Waals surface area contributed by atoms with E-state index < -0.39 is 35.9 Å². The fourth-order valence-electron chi connectivity index (χ4n) is 2.72. The number of aliphatic hydroxyl groups excluding tert-OH is 3. The van der Waals surface area contributed by atoms with E-state index in [1.807, 2.05) is 4.90 Å². The summed E-state index contributed by atoms with van der Waals surface area (Å²) in [7, 11) is 0. The lowest BCUT2D eigenvalue weighted by molar-refractivity contribution is -0.172. The van der Waals surface area contributed by atoms with Crippen molar-refractivity contribution >= 4 is 5.97 Å². The molecule has 0 spiro atoms. The summed E-state index contributed by atoms with van der Waals surface area (Å²) in [5.74, 6) is -0.313. The van der Waals surface area contributed by atoms with Crippen LogP contribution < -0.4 is 0 Å². The molecule has 0 amide bonds.